The third-order valence-corrected chi connectivity index (χ3v) is 5.37. The summed E-state index contributed by atoms with van der Waals surface area (Å²) in [5.74, 6) is -0.120. The molecule has 5 nitrogen and oxygen atoms in total. The molecule has 3 N–H and O–H groups in total. The molecule has 30 heavy (non-hydrogen) atoms. The van der Waals surface area contributed by atoms with Crippen LogP contribution in [0.5, 0.6) is 23.0 Å². The number of ketones is 1. The Morgan fingerprint density at radius 1 is 0.967 bits per heavy atom. The molecule has 0 amide bonds. The van der Waals surface area contributed by atoms with E-state index in [4.69, 9.17) is 4.74 Å². The fourth-order valence-corrected chi connectivity index (χ4v) is 3.67. The van der Waals surface area contributed by atoms with Crippen LogP contribution in [0.3, 0.4) is 0 Å². The average molecular weight is 408 g/mol. The summed E-state index contributed by atoms with van der Waals surface area (Å²) in [6.45, 7) is 11.6. The van der Waals surface area contributed by atoms with Crippen molar-refractivity contribution in [2.24, 2.45) is 0 Å². The zero-order valence-corrected chi connectivity index (χ0v) is 17.5. The lowest BCUT2D eigenvalue weighted by molar-refractivity contribution is 0.0841. The molecule has 0 aliphatic carbocycles. The Balaban J connectivity index is 2.10. The number of Topliss-reactive ketones (excluding diaryl/α,β-unsaturated/α-hetero) is 1. The van der Waals surface area contributed by atoms with Crippen LogP contribution in [0.25, 0.3) is 0 Å². The molecule has 1 atom stereocenters. The lowest BCUT2D eigenvalue weighted by Crippen LogP contribution is -2.22. The van der Waals surface area contributed by atoms with Crippen molar-refractivity contribution in [3.8, 4) is 23.0 Å². The van der Waals surface area contributed by atoms with E-state index < -0.39 is 6.10 Å². The third-order valence-electron chi connectivity index (χ3n) is 5.37. The fourth-order valence-electron chi connectivity index (χ4n) is 3.67. The molecule has 0 bridgehead atoms. The molecule has 3 rings (SSSR count). The first kappa shape index (κ1) is 21.5. The van der Waals surface area contributed by atoms with Gasteiger partial charge in [0.05, 0.1) is 6.42 Å². The van der Waals surface area contributed by atoms with Crippen LogP contribution >= 0.6 is 0 Å². The molecule has 1 heterocycles. The monoisotopic (exact) mass is 408 g/mol. The SMILES string of the molecule is C=C(C)CCc1c(O)c(CCC(=C)C)c2c(c1O)C(=O)C[C@@H](c1ccc(O)cc1)O2. The second-order valence-corrected chi connectivity index (χ2v) is 8.10. The minimum Gasteiger partial charge on any atom is -0.508 e. The number of phenolic OH excluding ortho intramolecular Hbond substituents is 3. The van der Waals surface area contributed by atoms with Gasteiger partial charge in [0, 0.05) is 11.1 Å². The van der Waals surface area contributed by atoms with E-state index in [9.17, 15) is 20.1 Å². The summed E-state index contributed by atoms with van der Waals surface area (Å²) in [6.07, 6.45) is 1.54. The number of benzene rings is 2. The number of allylic oxidation sites excluding steroid dienone is 2. The molecule has 0 saturated carbocycles. The molecule has 0 aromatic heterocycles. The largest absolute Gasteiger partial charge is 0.508 e. The average Bonchev–Trinajstić information content (AvgIpc) is 2.67. The molecule has 2 aromatic carbocycles. The van der Waals surface area contributed by atoms with Crippen molar-refractivity contribution in [2.75, 3.05) is 0 Å². The van der Waals surface area contributed by atoms with Crippen LogP contribution < -0.4 is 4.74 Å². The summed E-state index contributed by atoms with van der Waals surface area (Å²) in [4.78, 5) is 13.0. The molecular weight excluding hydrogens is 380 g/mol. The first-order valence-corrected chi connectivity index (χ1v) is 10.1. The Morgan fingerprint density at radius 2 is 1.53 bits per heavy atom. The minimum atomic E-state index is -0.561. The highest BCUT2D eigenvalue weighted by Crippen LogP contribution is 2.49. The summed E-state index contributed by atoms with van der Waals surface area (Å²) < 4.78 is 6.16. The van der Waals surface area contributed by atoms with Crippen LogP contribution in [0.1, 0.15) is 66.3 Å². The normalized spacial score (nSPS) is 15.4. The van der Waals surface area contributed by atoms with Gasteiger partial charge in [0.25, 0.3) is 0 Å². The van der Waals surface area contributed by atoms with Gasteiger partial charge in [0.2, 0.25) is 0 Å². The first-order chi connectivity index (χ1) is 14.2. The van der Waals surface area contributed by atoms with Crippen molar-refractivity contribution in [3.05, 3.63) is 70.8 Å². The highest BCUT2D eigenvalue weighted by molar-refractivity contribution is 6.04. The summed E-state index contributed by atoms with van der Waals surface area (Å²) >= 11 is 0. The number of carbonyl (C=O) groups is 1. The summed E-state index contributed by atoms with van der Waals surface area (Å²) in [7, 11) is 0. The van der Waals surface area contributed by atoms with Crippen LogP contribution in [0, 0.1) is 0 Å². The minimum absolute atomic E-state index is 0.0343. The third kappa shape index (κ3) is 4.35. The molecule has 5 heteroatoms. The van der Waals surface area contributed by atoms with Crippen LogP contribution in [0.4, 0.5) is 0 Å². The van der Waals surface area contributed by atoms with E-state index in [1.807, 2.05) is 13.8 Å². The van der Waals surface area contributed by atoms with Crippen LogP contribution in [0.2, 0.25) is 0 Å². The van der Waals surface area contributed by atoms with Gasteiger partial charge in [-0.1, -0.05) is 23.3 Å². The number of carbonyl (C=O) groups excluding carboxylic acids is 1. The molecule has 0 unspecified atom stereocenters. The van der Waals surface area contributed by atoms with Crippen molar-refractivity contribution < 1.29 is 24.9 Å². The Bertz CT molecular complexity index is 1000. The second kappa shape index (κ2) is 8.66. The number of fused-ring (bicyclic) bond motifs is 1. The Hall–Kier alpha value is -3.21. The molecule has 1 aliphatic heterocycles. The smallest absolute Gasteiger partial charge is 0.174 e. The first-order valence-electron chi connectivity index (χ1n) is 10.1. The van der Waals surface area contributed by atoms with E-state index >= 15 is 0 Å². The highest BCUT2D eigenvalue weighted by atomic mass is 16.5. The number of ether oxygens (including phenoxy) is 1. The van der Waals surface area contributed by atoms with Crippen molar-refractivity contribution >= 4 is 5.78 Å². The highest BCUT2D eigenvalue weighted by Gasteiger charge is 2.35. The molecule has 2 aromatic rings. The van der Waals surface area contributed by atoms with Crippen molar-refractivity contribution in [3.63, 3.8) is 0 Å². The van der Waals surface area contributed by atoms with Gasteiger partial charge in [-0.05, 0) is 57.2 Å². The van der Waals surface area contributed by atoms with E-state index in [0.717, 1.165) is 16.7 Å². The van der Waals surface area contributed by atoms with E-state index in [-0.39, 0.29) is 40.8 Å². The van der Waals surface area contributed by atoms with E-state index in [0.29, 0.717) is 36.8 Å². The van der Waals surface area contributed by atoms with Gasteiger partial charge in [-0.3, -0.25) is 4.79 Å². The van der Waals surface area contributed by atoms with Crippen LogP contribution in [0.15, 0.2) is 48.6 Å². The van der Waals surface area contributed by atoms with Gasteiger partial charge in [0.1, 0.15) is 34.7 Å². The van der Waals surface area contributed by atoms with Gasteiger partial charge in [-0.2, -0.15) is 0 Å². The molecule has 0 fully saturated rings. The van der Waals surface area contributed by atoms with Gasteiger partial charge in [0.15, 0.2) is 5.78 Å². The quantitative estimate of drug-likeness (QED) is 0.525. The number of aromatic hydroxyl groups is 3. The van der Waals surface area contributed by atoms with Crippen molar-refractivity contribution in [1.82, 2.24) is 0 Å². The van der Waals surface area contributed by atoms with Crippen LogP contribution in [-0.2, 0) is 12.8 Å². The number of hydrogen-bond acceptors (Lipinski definition) is 5. The molecule has 0 saturated heterocycles. The zero-order valence-electron chi connectivity index (χ0n) is 17.5. The van der Waals surface area contributed by atoms with Gasteiger partial charge in [-0.15, -0.1) is 13.2 Å². The van der Waals surface area contributed by atoms with Crippen molar-refractivity contribution in [2.45, 2.75) is 52.1 Å². The number of phenols is 3. The van der Waals surface area contributed by atoms with E-state index in [2.05, 4.69) is 13.2 Å². The summed E-state index contributed by atoms with van der Waals surface area (Å²) in [6, 6.07) is 6.48. The maximum absolute atomic E-state index is 13.0. The van der Waals surface area contributed by atoms with Crippen molar-refractivity contribution in [1.29, 1.82) is 0 Å². The van der Waals surface area contributed by atoms with Gasteiger partial charge < -0.3 is 20.1 Å². The Kier molecular flexibility index (Phi) is 6.20. The van der Waals surface area contributed by atoms with E-state index in [1.165, 1.54) is 12.1 Å². The number of rotatable bonds is 7. The van der Waals surface area contributed by atoms with E-state index in [1.54, 1.807) is 12.1 Å². The second-order valence-electron chi connectivity index (χ2n) is 8.10. The molecule has 0 spiro atoms. The predicted molar refractivity (Wildman–Crippen MR) is 116 cm³/mol. The Morgan fingerprint density at radius 3 is 2.10 bits per heavy atom. The maximum Gasteiger partial charge on any atom is 0.174 e. The maximum atomic E-state index is 13.0. The van der Waals surface area contributed by atoms with Gasteiger partial charge >= 0.3 is 0 Å². The standard InChI is InChI=1S/C25H28O5/c1-14(2)5-11-18-23(28)19(12-6-15(3)4)25-22(24(18)29)20(27)13-21(30-25)16-7-9-17(26)10-8-16/h7-10,21,26,28-29H,1,3,5-6,11-13H2,2,4H3/t21-/m0/s1. The lowest BCUT2D eigenvalue weighted by atomic mass is 9.88. The fraction of sp³-hybridized carbons (Fsp3) is 0.320. The molecule has 158 valence electrons. The summed E-state index contributed by atoms with van der Waals surface area (Å²) in [5, 5.41) is 31.4. The topological polar surface area (TPSA) is 87.0 Å². The lowest BCUT2D eigenvalue weighted by Gasteiger charge is -2.30. The molecular formula is C25H28O5. The predicted octanol–water partition coefficient (Wildman–Crippen LogP) is 5.53. The van der Waals surface area contributed by atoms with Gasteiger partial charge in [-0.25, -0.2) is 0 Å². The number of hydrogen-bond donors (Lipinski definition) is 3. The zero-order chi connectivity index (χ0) is 22.0. The Labute approximate surface area is 177 Å². The molecule has 0 radical (unpaired) electrons. The van der Waals surface area contributed by atoms with Crippen LogP contribution in [-0.4, -0.2) is 21.1 Å². The molecule has 1 aliphatic rings. The summed E-state index contributed by atoms with van der Waals surface area (Å²) in [5.41, 5.74) is 3.61.